The molecule has 0 heterocycles. The van der Waals surface area contributed by atoms with Gasteiger partial charge in [-0.2, -0.15) is 5.10 Å². The van der Waals surface area contributed by atoms with Crippen molar-refractivity contribution in [1.29, 1.82) is 0 Å². The van der Waals surface area contributed by atoms with E-state index in [0.717, 1.165) is 27.6 Å². The summed E-state index contributed by atoms with van der Waals surface area (Å²) in [6.45, 7) is 0.323. The molecule has 5 nitrogen and oxygen atoms in total. The highest BCUT2D eigenvalue weighted by molar-refractivity contribution is 6.31. The zero-order valence-corrected chi connectivity index (χ0v) is 19.2. The van der Waals surface area contributed by atoms with Gasteiger partial charge in [-0.3, -0.25) is 4.79 Å². The number of nitrogens with one attached hydrogen (secondary N) is 1. The Hall–Kier alpha value is -3.83. The van der Waals surface area contributed by atoms with Gasteiger partial charge in [0.25, 0.3) is 5.91 Å². The molecule has 0 spiro atoms. The minimum absolute atomic E-state index is 0.282. The molecule has 166 valence electrons. The third-order valence-electron chi connectivity index (χ3n) is 5.28. The van der Waals surface area contributed by atoms with Gasteiger partial charge >= 0.3 is 0 Å². The van der Waals surface area contributed by atoms with E-state index in [2.05, 4.69) is 10.5 Å². The van der Waals surface area contributed by atoms with E-state index in [0.29, 0.717) is 22.9 Å². The Morgan fingerprint density at radius 1 is 0.970 bits per heavy atom. The van der Waals surface area contributed by atoms with Gasteiger partial charge in [0.1, 0.15) is 12.4 Å². The average molecular weight is 458 g/mol. The average Bonchev–Trinajstić information content (AvgIpc) is 2.84. The maximum Gasteiger partial charge on any atom is 0.271 e. The maximum atomic E-state index is 12.5. The highest BCUT2D eigenvalue weighted by atomic mass is 35.5. The van der Waals surface area contributed by atoms with Crippen LogP contribution in [0.3, 0.4) is 0 Å². The van der Waals surface area contributed by atoms with Crippen molar-refractivity contribution in [3.63, 3.8) is 0 Å². The fourth-order valence-corrected chi connectivity index (χ4v) is 3.63. The van der Waals surface area contributed by atoms with E-state index in [-0.39, 0.29) is 5.91 Å². The van der Waals surface area contributed by atoms with Crippen molar-refractivity contribution >= 4 is 40.2 Å². The molecule has 0 radical (unpaired) electrons. The summed E-state index contributed by atoms with van der Waals surface area (Å²) in [4.78, 5) is 14.5. The number of carbonyl (C=O) groups is 1. The van der Waals surface area contributed by atoms with Crippen molar-refractivity contribution in [3.8, 4) is 5.75 Å². The van der Waals surface area contributed by atoms with Crippen molar-refractivity contribution in [2.75, 3.05) is 19.0 Å². The number of hydrazone groups is 1. The second-order valence-corrected chi connectivity index (χ2v) is 8.13. The second kappa shape index (κ2) is 10.2. The van der Waals surface area contributed by atoms with E-state index in [9.17, 15) is 4.79 Å². The highest BCUT2D eigenvalue weighted by Crippen LogP contribution is 2.28. The Labute approximate surface area is 198 Å². The molecule has 0 aliphatic carbocycles. The molecule has 0 saturated carbocycles. The van der Waals surface area contributed by atoms with Crippen LogP contribution < -0.4 is 15.1 Å². The van der Waals surface area contributed by atoms with E-state index in [1.807, 2.05) is 91.8 Å². The first-order valence-corrected chi connectivity index (χ1v) is 10.9. The molecule has 1 N–H and O–H groups in total. The molecule has 0 aromatic heterocycles. The molecule has 0 unspecified atom stereocenters. The van der Waals surface area contributed by atoms with Crippen molar-refractivity contribution in [3.05, 3.63) is 107 Å². The van der Waals surface area contributed by atoms with Gasteiger partial charge in [0.15, 0.2) is 0 Å². The number of nitrogens with zero attached hydrogens (tertiary/aromatic N) is 2. The van der Waals surface area contributed by atoms with Crippen LogP contribution in [-0.2, 0) is 6.61 Å². The first-order valence-electron chi connectivity index (χ1n) is 10.5. The van der Waals surface area contributed by atoms with E-state index in [1.165, 1.54) is 0 Å². The number of amides is 1. The first kappa shape index (κ1) is 22.4. The highest BCUT2D eigenvalue weighted by Gasteiger charge is 2.10. The Bertz CT molecular complexity index is 1300. The molecule has 0 aliphatic rings. The summed E-state index contributed by atoms with van der Waals surface area (Å²) >= 11 is 6.27. The lowest BCUT2D eigenvalue weighted by Crippen LogP contribution is -2.18. The van der Waals surface area contributed by atoms with E-state index >= 15 is 0 Å². The Balaban J connectivity index is 1.56. The molecule has 4 aromatic carbocycles. The number of hydrogen-bond donors (Lipinski definition) is 1. The molecule has 0 bridgehead atoms. The van der Waals surface area contributed by atoms with Crippen LogP contribution in [0.2, 0.25) is 5.02 Å². The van der Waals surface area contributed by atoms with Gasteiger partial charge < -0.3 is 9.64 Å². The molecule has 33 heavy (non-hydrogen) atoms. The van der Waals surface area contributed by atoms with E-state index in [1.54, 1.807) is 18.3 Å². The summed E-state index contributed by atoms with van der Waals surface area (Å²) in [5, 5.41) is 6.90. The van der Waals surface area contributed by atoms with Gasteiger partial charge in [-0.15, -0.1) is 0 Å². The third-order valence-corrected chi connectivity index (χ3v) is 5.65. The Kier molecular flexibility index (Phi) is 6.91. The summed E-state index contributed by atoms with van der Waals surface area (Å²) in [6.07, 6.45) is 1.62. The van der Waals surface area contributed by atoms with Gasteiger partial charge in [0.2, 0.25) is 0 Å². The summed E-state index contributed by atoms with van der Waals surface area (Å²) in [6, 6.07) is 26.8. The van der Waals surface area contributed by atoms with Gasteiger partial charge in [-0.1, -0.05) is 60.1 Å². The molecule has 0 aliphatic heterocycles. The third kappa shape index (κ3) is 5.33. The van der Waals surface area contributed by atoms with Crippen molar-refractivity contribution in [2.24, 2.45) is 5.10 Å². The monoisotopic (exact) mass is 457 g/mol. The van der Waals surface area contributed by atoms with Gasteiger partial charge in [0, 0.05) is 41.5 Å². The SMILES string of the molecule is CN(C)c1ccc(C(=O)N/N=C\c2c(OCc3ccccc3Cl)ccc3ccccc23)cc1. The second-order valence-electron chi connectivity index (χ2n) is 7.72. The topological polar surface area (TPSA) is 53.9 Å². The first-order chi connectivity index (χ1) is 16.0. The van der Waals surface area contributed by atoms with Crippen LogP contribution in [-0.4, -0.2) is 26.2 Å². The standard InChI is InChI=1S/C27H24ClN3O2/c1-31(2)22-14-11-20(12-15-22)27(32)30-29-17-24-23-9-5-3-7-19(23)13-16-26(24)33-18-21-8-4-6-10-25(21)28/h3-17H,18H2,1-2H3,(H,30,32)/b29-17-. The number of hydrogen-bond acceptors (Lipinski definition) is 4. The number of rotatable bonds is 7. The predicted octanol–water partition coefficient (Wildman–Crippen LogP) is 5.90. The normalized spacial score (nSPS) is 11.0. The lowest BCUT2D eigenvalue weighted by atomic mass is 10.0. The molecular formula is C27H24ClN3O2. The van der Waals surface area contributed by atoms with Crippen molar-refractivity contribution in [1.82, 2.24) is 5.43 Å². The van der Waals surface area contributed by atoms with E-state index in [4.69, 9.17) is 16.3 Å². The zero-order chi connectivity index (χ0) is 23.2. The summed E-state index contributed by atoms with van der Waals surface area (Å²) in [7, 11) is 3.91. The van der Waals surface area contributed by atoms with Crippen LogP contribution in [0.4, 0.5) is 5.69 Å². The fourth-order valence-electron chi connectivity index (χ4n) is 3.44. The van der Waals surface area contributed by atoms with Crippen LogP contribution in [0.1, 0.15) is 21.5 Å². The predicted molar refractivity (Wildman–Crippen MR) is 136 cm³/mol. The summed E-state index contributed by atoms with van der Waals surface area (Å²) in [5.41, 5.74) is 5.84. The quantitative estimate of drug-likeness (QED) is 0.277. The van der Waals surface area contributed by atoms with Crippen LogP contribution in [0, 0.1) is 0 Å². The number of fused-ring (bicyclic) bond motifs is 1. The molecular weight excluding hydrogens is 434 g/mol. The van der Waals surface area contributed by atoms with Crippen LogP contribution in [0.15, 0.2) is 90.0 Å². The Morgan fingerprint density at radius 2 is 1.70 bits per heavy atom. The van der Waals surface area contributed by atoms with Crippen LogP contribution in [0.5, 0.6) is 5.75 Å². The lowest BCUT2D eigenvalue weighted by Gasteiger charge is -2.13. The van der Waals surface area contributed by atoms with E-state index < -0.39 is 0 Å². The minimum Gasteiger partial charge on any atom is -0.488 e. The van der Waals surface area contributed by atoms with Crippen LogP contribution >= 0.6 is 11.6 Å². The van der Waals surface area contributed by atoms with Crippen LogP contribution in [0.25, 0.3) is 10.8 Å². The number of anilines is 1. The molecule has 4 rings (SSSR count). The number of halogens is 1. The van der Waals surface area contributed by atoms with Gasteiger partial charge in [-0.05, 0) is 47.2 Å². The fraction of sp³-hybridized carbons (Fsp3) is 0.111. The van der Waals surface area contributed by atoms with Gasteiger partial charge in [0.05, 0.1) is 6.21 Å². The van der Waals surface area contributed by atoms with Crippen molar-refractivity contribution < 1.29 is 9.53 Å². The summed E-state index contributed by atoms with van der Waals surface area (Å²) < 4.78 is 6.10. The number of carbonyl (C=O) groups excluding carboxylic acids is 1. The molecule has 0 atom stereocenters. The molecule has 4 aromatic rings. The smallest absolute Gasteiger partial charge is 0.271 e. The summed E-state index contributed by atoms with van der Waals surface area (Å²) in [5.74, 6) is 0.372. The Morgan fingerprint density at radius 3 is 2.45 bits per heavy atom. The molecule has 0 saturated heterocycles. The molecule has 6 heteroatoms. The maximum absolute atomic E-state index is 12.5. The number of benzene rings is 4. The molecule has 0 fully saturated rings. The number of ether oxygens (including phenoxy) is 1. The molecule has 1 amide bonds. The minimum atomic E-state index is -0.282. The lowest BCUT2D eigenvalue weighted by molar-refractivity contribution is 0.0955. The largest absolute Gasteiger partial charge is 0.488 e. The van der Waals surface area contributed by atoms with Crippen molar-refractivity contribution in [2.45, 2.75) is 6.61 Å². The van der Waals surface area contributed by atoms with Gasteiger partial charge in [-0.25, -0.2) is 5.43 Å². The zero-order valence-electron chi connectivity index (χ0n) is 18.5.